The minimum Gasteiger partial charge on any atom is -0.315 e. The van der Waals surface area contributed by atoms with E-state index in [1.54, 1.807) is 0 Å². The molecule has 1 aliphatic heterocycles. The van der Waals surface area contributed by atoms with Gasteiger partial charge in [0.25, 0.3) is 0 Å². The Morgan fingerprint density at radius 2 is 2.25 bits per heavy atom. The molecule has 0 radical (unpaired) electrons. The predicted octanol–water partition coefficient (Wildman–Crippen LogP) is 2.01. The number of hydrogen-bond donors (Lipinski definition) is 2. The van der Waals surface area contributed by atoms with Crippen molar-refractivity contribution < 1.29 is 4.79 Å². The maximum atomic E-state index is 12.8. The van der Waals surface area contributed by atoms with E-state index >= 15 is 0 Å². The molecule has 0 aromatic carbocycles. The van der Waals surface area contributed by atoms with Crippen LogP contribution in [-0.4, -0.2) is 54.3 Å². The summed E-state index contributed by atoms with van der Waals surface area (Å²) in [5, 5.41) is 10.9. The molecule has 2 N–H and O–H groups in total. The third-order valence-corrected chi connectivity index (χ3v) is 5.15. The number of likely N-dealkylation sites (N-methyl/N-ethyl adjacent to an activating group) is 1. The van der Waals surface area contributed by atoms with Crippen LogP contribution in [-0.2, 0) is 11.3 Å². The third kappa shape index (κ3) is 4.42. The Labute approximate surface area is 156 Å². The minimum atomic E-state index is -0.217. The Morgan fingerprint density at radius 3 is 3.00 bits per heavy atom. The van der Waals surface area contributed by atoms with Crippen LogP contribution in [0.15, 0.2) is 12.3 Å². The number of amides is 1. The van der Waals surface area contributed by atoms with Gasteiger partial charge in [-0.25, -0.2) is 0 Å². The quantitative estimate of drug-likeness (QED) is 0.823. The molecule has 138 valence electrons. The zero-order valence-corrected chi connectivity index (χ0v) is 16.1. The molecule has 6 nitrogen and oxygen atoms in total. The molecule has 2 fully saturated rings. The molecule has 0 spiro atoms. The zero-order valence-electron chi connectivity index (χ0n) is 14.5. The number of rotatable bonds is 5. The second-order valence-corrected chi connectivity index (χ2v) is 6.95. The number of nitrogens with one attached hydrogen (secondary N) is 2. The summed E-state index contributed by atoms with van der Waals surface area (Å²) < 4.78 is 1.89. The molecule has 0 unspecified atom stereocenters. The van der Waals surface area contributed by atoms with Gasteiger partial charge in [-0.1, -0.05) is 12.8 Å². The van der Waals surface area contributed by atoms with Gasteiger partial charge in [0.05, 0.1) is 12.0 Å². The lowest BCUT2D eigenvalue weighted by atomic mass is 9.67. The number of nitrogens with zero attached hydrogens (tertiary/aromatic N) is 3. The summed E-state index contributed by atoms with van der Waals surface area (Å²) in [5.41, 5.74) is -0.217. The van der Waals surface area contributed by atoms with Gasteiger partial charge in [-0.05, 0) is 39.4 Å². The Balaban J connectivity index is 0.00000144. The highest BCUT2D eigenvalue weighted by Gasteiger charge is 2.49. The van der Waals surface area contributed by atoms with Crippen LogP contribution in [0.5, 0.6) is 0 Å². The number of fused-ring (bicyclic) bond motifs is 1. The average Bonchev–Trinajstić information content (AvgIpc) is 3.11. The summed E-state index contributed by atoms with van der Waals surface area (Å²) in [4.78, 5) is 15.0. The topological polar surface area (TPSA) is 62.2 Å². The fourth-order valence-corrected chi connectivity index (χ4v) is 3.79. The van der Waals surface area contributed by atoms with Gasteiger partial charge in [-0.2, -0.15) is 5.10 Å². The lowest BCUT2D eigenvalue weighted by Crippen LogP contribution is -2.44. The molecular weight excluding hydrogens is 349 g/mol. The van der Waals surface area contributed by atoms with Crippen molar-refractivity contribution in [2.24, 2.45) is 11.3 Å². The summed E-state index contributed by atoms with van der Waals surface area (Å²) in [6.07, 6.45) is 6.50. The predicted molar refractivity (Wildman–Crippen MR) is 101 cm³/mol. The van der Waals surface area contributed by atoms with E-state index < -0.39 is 0 Å². The summed E-state index contributed by atoms with van der Waals surface area (Å²) in [6.45, 7) is 3.55. The van der Waals surface area contributed by atoms with E-state index in [1.807, 2.05) is 31.0 Å². The molecule has 8 heteroatoms. The van der Waals surface area contributed by atoms with Crippen molar-refractivity contribution in [3.63, 3.8) is 0 Å². The first-order chi connectivity index (χ1) is 10.6. The Kier molecular flexibility index (Phi) is 7.99. The Morgan fingerprint density at radius 1 is 1.46 bits per heavy atom. The average molecular weight is 378 g/mol. The molecule has 1 aliphatic carbocycles. The molecular formula is C16H29Cl2N5O. The van der Waals surface area contributed by atoms with Crippen LogP contribution in [0.4, 0.5) is 5.82 Å². The lowest BCUT2D eigenvalue weighted by molar-refractivity contribution is -0.128. The fraction of sp³-hybridized carbons (Fsp3) is 0.750. The molecule has 1 aromatic rings. The van der Waals surface area contributed by atoms with Crippen molar-refractivity contribution in [3.8, 4) is 0 Å². The fourth-order valence-electron chi connectivity index (χ4n) is 3.79. The molecule has 1 saturated heterocycles. The largest absolute Gasteiger partial charge is 0.315 e. The first kappa shape index (κ1) is 21.2. The molecule has 1 aromatic heterocycles. The molecule has 0 bridgehead atoms. The van der Waals surface area contributed by atoms with Crippen LogP contribution in [0.2, 0.25) is 0 Å². The van der Waals surface area contributed by atoms with Crippen LogP contribution >= 0.6 is 24.8 Å². The van der Waals surface area contributed by atoms with Crippen LogP contribution in [0.25, 0.3) is 0 Å². The van der Waals surface area contributed by atoms with Crippen LogP contribution < -0.4 is 10.6 Å². The number of aromatic nitrogens is 2. The van der Waals surface area contributed by atoms with E-state index in [0.29, 0.717) is 11.7 Å². The number of carbonyl (C=O) groups excluding carboxylic acids is 1. The monoisotopic (exact) mass is 377 g/mol. The molecule has 2 heterocycles. The number of hydrogen-bond acceptors (Lipinski definition) is 4. The second-order valence-electron chi connectivity index (χ2n) is 6.95. The smallest absolute Gasteiger partial charge is 0.233 e. The van der Waals surface area contributed by atoms with E-state index in [1.165, 1.54) is 6.42 Å². The summed E-state index contributed by atoms with van der Waals surface area (Å²) in [6, 6.07) is 1.89. The van der Waals surface area contributed by atoms with Crippen molar-refractivity contribution >= 4 is 36.5 Å². The summed E-state index contributed by atoms with van der Waals surface area (Å²) in [7, 11) is 4.09. The third-order valence-electron chi connectivity index (χ3n) is 5.15. The van der Waals surface area contributed by atoms with Gasteiger partial charge in [-0.3, -0.25) is 9.48 Å². The second kappa shape index (κ2) is 9.04. The van der Waals surface area contributed by atoms with Gasteiger partial charge in [0.2, 0.25) is 5.91 Å². The molecule has 1 saturated carbocycles. The highest BCUT2D eigenvalue weighted by molar-refractivity contribution is 5.95. The summed E-state index contributed by atoms with van der Waals surface area (Å²) >= 11 is 0. The van der Waals surface area contributed by atoms with E-state index in [0.717, 1.165) is 45.4 Å². The van der Waals surface area contributed by atoms with E-state index in [-0.39, 0.29) is 36.1 Å². The molecule has 1 amide bonds. The maximum absolute atomic E-state index is 12.8. The number of anilines is 1. The summed E-state index contributed by atoms with van der Waals surface area (Å²) in [5.74, 6) is 1.31. The molecule has 2 aliphatic rings. The van der Waals surface area contributed by atoms with Crippen LogP contribution in [0, 0.1) is 11.3 Å². The first-order valence-electron chi connectivity index (χ1n) is 8.30. The van der Waals surface area contributed by atoms with Crippen molar-refractivity contribution in [3.05, 3.63) is 12.3 Å². The normalized spacial score (nSPS) is 25.5. The van der Waals surface area contributed by atoms with E-state index in [2.05, 4.69) is 20.6 Å². The standard InChI is InChI=1S/C16H27N5O.2ClH/c1-20(2)9-10-21-8-6-14(19-21)18-15(22)16-7-4-3-5-13(16)11-17-12-16;;/h6,8,13,17H,3-5,7,9-12H2,1-2H3,(H,18,19,22);2*1H/t13-,16+;;/m0../s1. The Bertz CT molecular complexity index is 536. The number of carbonyl (C=O) groups is 1. The van der Waals surface area contributed by atoms with Crippen molar-refractivity contribution in [2.75, 3.05) is 39.0 Å². The molecule has 2 atom stereocenters. The minimum absolute atomic E-state index is 0. The van der Waals surface area contributed by atoms with Crippen molar-refractivity contribution in [1.82, 2.24) is 20.0 Å². The van der Waals surface area contributed by atoms with Gasteiger partial charge in [0.15, 0.2) is 5.82 Å². The highest BCUT2D eigenvalue weighted by atomic mass is 35.5. The van der Waals surface area contributed by atoms with Gasteiger partial charge in [0.1, 0.15) is 0 Å². The maximum Gasteiger partial charge on any atom is 0.233 e. The lowest BCUT2D eigenvalue weighted by Gasteiger charge is -2.36. The SMILES string of the molecule is CN(C)CCn1ccc(NC(=O)[C@@]23CCCC[C@H]2CNC3)n1.Cl.Cl. The van der Waals surface area contributed by atoms with Crippen LogP contribution in [0.3, 0.4) is 0 Å². The van der Waals surface area contributed by atoms with Gasteiger partial charge in [0, 0.05) is 25.4 Å². The zero-order chi connectivity index (χ0) is 15.6. The highest BCUT2D eigenvalue weighted by Crippen LogP contribution is 2.44. The van der Waals surface area contributed by atoms with Gasteiger partial charge in [-0.15, -0.1) is 24.8 Å². The molecule has 24 heavy (non-hydrogen) atoms. The molecule has 3 rings (SSSR count). The van der Waals surface area contributed by atoms with E-state index in [9.17, 15) is 4.79 Å². The van der Waals surface area contributed by atoms with Gasteiger partial charge >= 0.3 is 0 Å². The van der Waals surface area contributed by atoms with Gasteiger partial charge < -0.3 is 15.5 Å². The Hall–Kier alpha value is -0.820. The van der Waals surface area contributed by atoms with Crippen molar-refractivity contribution in [1.29, 1.82) is 0 Å². The first-order valence-corrected chi connectivity index (χ1v) is 8.30. The van der Waals surface area contributed by atoms with E-state index in [4.69, 9.17) is 0 Å². The van der Waals surface area contributed by atoms with Crippen molar-refractivity contribution in [2.45, 2.75) is 32.2 Å². The van der Waals surface area contributed by atoms with Crippen LogP contribution in [0.1, 0.15) is 25.7 Å². The number of halogens is 2.